The van der Waals surface area contributed by atoms with Crippen molar-refractivity contribution in [2.24, 2.45) is 0 Å². The van der Waals surface area contributed by atoms with Crippen molar-refractivity contribution in [2.75, 3.05) is 32.1 Å². The van der Waals surface area contributed by atoms with Gasteiger partial charge in [0.15, 0.2) is 5.69 Å². The standard InChI is InChI=1S/C14H22N4O2/c1-11(18-6-4-3-5-7-18)8-16-13-10-15-12(9-17-13)14(19)20-2/h9-11H,3-8H2,1-2H3,(H,16,17). The fourth-order valence-electron chi connectivity index (χ4n) is 2.37. The van der Waals surface area contributed by atoms with E-state index >= 15 is 0 Å². The second-order valence-electron chi connectivity index (χ2n) is 5.11. The van der Waals surface area contributed by atoms with Crippen LogP contribution in [0, 0.1) is 0 Å². The molecular formula is C14H22N4O2. The number of esters is 1. The van der Waals surface area contributed by atoms with Crippen LogP contribution in [0.5, 0.6) is 0 Å². The van der Waals surface area contributed by atoms with Gasteiger partial charge < -0.3 is 10.1 Å². The van der Waals surface area contributed by atoms with Gasteiger partial charge in [-0.25, -0.2) is 14.8 Å². The molecule has 0 radical (unpaired) electrons. The van der Waals surface area contributed by atoms with Gasteiger partial charge in [0, 0.05) is 12.6 Å². The zero-order valence-corrected chi connectivity index (χ0v) is 12.1. The Hall–Kier alpha value is -1.69. The number of ether oxygens (including phenoxy) is 1. The van der Waals surface area contributed by atoms with Crippen molar-refractivity contribution in [3.63, 3.8) is 0 Å². The molecule has 1 aliphatic rings. The van der Waals surface area contributed by atoms with Crippen molar-refractivity contribution in [3.05, 3.63) is 18.1 Å². The van der Waals surface area contributed by atoms with Gasteiger partial charge in [0.1, 0.15) is 5.82 Å². The summed E-state index contributed by atoms with van der Waals surface area (Å²) in [7, 11) is 1.33. The van der Waals surface area contributed by atoms with Crippen LogP contribution in [0.2, 0.25) is 0 Å². The Labute approximate surface area is 119 Å². The largest absolute Gasteiger partial charge is 0.464 e. The predicted octanol–water partition coefficient (Wildman–Crippen LogP) is 1.55. The van der Waals surface area contributed by atoms with Crippen molar-refractivity contribution < 1.29 is 9.53 Å². The number of hydrogen-bond donors (Lipinski definition) is 1. The number of aromatic nitrogens is 2. The number of nitrogens with zero attached hydrogens (tertiary/aromatic N) is 3. The fourth-order valence-corrected chi connectivity index (χ4v) is 2.37. The first kappa shape index (κ1) is 14.7. The van der Waals surface area contributed by atoms with Crippen LogP contribution < -0.4 is 5.32 Å². The lowest BCUT2D eigenvalue weighted by atomic mass is 10.1. The van der Waals surface area contributed by atoms with E-state index in [1.807, 2.05) is 0 Å². The van der Waals surface area contributed by atoms with Crippen molar-refractivity contribution in [2.45, 2.75) is 32.2 Å². The van der Waals surface area contributed by atoms with Gasteiger partial charge in [-0.2, -0.15) is 0 Å². The number of likely N-dealkylation sites (tertiary alicyclic amines) is 1. The van der Waals surface area contributed by atoms with E-state index in [2.05, 4.69) is 31.8 Å². The highest BCUT2D eigenvalue weighted by molar-refractivity contribution is 5.86. The number of rotatable bonds is 5. The van der Waals surface area contributed by atoms with E-state index in [1.165, 1.54) is 45.7 Å². The molecule has 0 aliphatic carbocycles. The number of carbonyl (C=O) groups is 1. The molecule has 1 atom stereocenters. The van der Waals surface area contributed by atoms with E-state index in [4.69, 9.17) is 0 Å². The summed E-state index contributed by atoms with van der Waals surface area (Å²) in [5.74, 6) is 0.215. The highest BCUT2D eigenvalue weighted by Crippen LogP contribution is 2.12. The van der Waals surface area contributed by atoms with Crippen LogP contribution in [0.25, 0.3) is 0 Å². The van der Waals surface area contributed by atoms with Crippen LogP contribution in [0.3, 0.4) is 0 Å². The Morgan fingerprint density at radius 2 is 2.10 bits per heavy atom. The maximum absolute atomic E-state index is 11.2. The lowest BCUT2D eigenvalue weighted by Crippen LogP contribution is -2.41. The summed E-state index contributed by atoms with van der Waals surface area (Å²) in [5.41, 5.74) is 0.224. The molecule has 110 valence electrons. The molecule has 1 aromatic rings. The molecule has 6 nitrogen and oxygen atoms in total. The summed E-state index contributed by atoms with van der Waals surface area (Å²) in [5, 5.41) is 3.26. The van der Waals surface area contributed by atoms with Gasteiger partial charge in [-0.05, 0) is 32.9 Å². The van der Waals surface area contributed by atoms with Crippen LogP contribution in [0.15, 0.2) is 12.4 Å². The van der Waals surface area contributed by atoms with Gasteiger partial charge in [0.25, 0.3) is 0 Å². The Morgan fingerprint density at radius 1 is 1.35 bits per heavy atom. The van der Waals surface area contributed by atoms with Gasteiger partial charge in [-0.1, -0.05) is 6.42 Å². The Bertz CT molecular complexity index is 429. The van der Waals surface area contributed by atoms with Gasteiger partial charge in [-0.15, -0.1) is 0 Å². The highest BCUT2D eigenvalue weighted by atomic mass is 16.5. The van der Waals surface area contributed by atoms with Crippen LogP contribution in [-0.4, -0.2) is 53.6 Å². The molecule has 0 spiro atoms. The molecule has 1 N–H and O–H groups in total. The first-order chi connectivity index (χ1) is 9.70. The average molecular weight is 278 g/mol. The maximum atomic E-state index is 11.2. The summed E-state index contributed by atoms with van der Waals surface area (Å²) in [6.07, 6.45) is 6.92. The minimum atomic E-state index is -0.467. The van der Waals surface area contributed by atoms with E-state index in [-0.39, 0.29) is 5.69 Å². The van der Waals surface area contributed by atoms with E-state index in [0.29, 0.717) is 11.9 Å². The Kier molecular flexibility index (Phi) is 5.29. The third-order valence-electron chi connectivity index (χ3n) is 3.64. The molecule has 1 aliphatic heterocycles. The van der Waals surface area contributed by atoms with Gasteiger partial charge >= 0.3 is 5.97 Å². The topological polar surface area (TPSA) is 67.3 Å². The van der Waals surface area contributed by atoms with Crippen LogP contribution in [0.4, 0.5) is 5.82 Å². The quantitative estimate of drug-likeness (QED) is 0.824. The molecule has 0 amide bonds. The first-order valence-electron chi connectivity index (χ1n) is 7.09. The SMILES string of the molecule is COC(=O)c1cnc(NCC(C)N2CCCCC2)cn1. The molecule has 0 aromatic carbocycles. The number of piperidine rings is 1. The number of anilines is 1. The van der Waals surface area contributed by atoms with Gasteiger partial charge in [0.05, 0.1) is 19.5 Å². The van der Waals surface area contributed by atoms with Gasteiger partial charge in [-0.3, -0.25) is 4.90 Å². The minimum absolute atomic E-state index is 0.224. The number of carbonyl (C=O) groups excluding carboxylic acids is 1. The molecular weight excluding hydrogens is 256 g/mol. The summed E-state index contributed by atoms with van der Waals surface area (Å²) in [6.45, 7) is 5.40. The molecule has 2 rings (SSSR count). The zero-order valence-electron chi connectivity index (χ0n) is 12.1. The van der Waals surface area contributed by atoms with Crippen molar-refractivity contribution in [1.82, 2.24) is 14.9 Å². The van der Waals surface area contributed by atoms with Gasteiger partial charge in [0.2, 0.25) is 0 Å². The first-order valence-corrected chi connectivity index (χ1v) is 7.09. The van der Waals surface area contributed by atoms with Crippen molar-refractivity contribution >= 4 is 11.8 Å². The molecule has 1 saturated heterocycles. The molecule has 20 heavy (non-hydrogen) atoms. The Morgan fingerprint density at radius 3 is 2.70 bits per heavy atom. The van der Waals surface area contributed by atoms with Crippen LogP contribution >= 0.6 is 0 Å². The smallest absolute Gasteiger partial charge is 0.358 e. The summed E-state index contributed by atoms with van der Waals surface area (Å²) >= 11 is 0. The summed E-state index contributed by atoms with van der Waals surface area (Å²) < 4.78 is 4.59. The lowest BCUT2D eigenvalue weighted by Gasteiger charge is -2.32. The minimum Gasteiger partial charge on any atom is -0.464 e. The third-order valence-corrected chi connectivity index (χ3v) is 3.64. The highest BCUT2D eigenvalue weighted by Gasteiger charge is 2.16. The van der Waals surface area contributed by atoms with E-state index in [0.717, 1.165) is 6.54 Å². The monoisotopic (exact) mass is 278 g/mol. The maximum Gasteiger partial charge on any atom is 0.358 e. The molecule has 1 aromatic heterocycles. The van der Waals surface area contributed by atoms with Crippen LogP contribution in [0.1, 0.15) is 36.7 Å². The molecule has 0 bridgehead atoms. The van der Waals surface area contributed by atoms with Crippen molar-refractivity contribution in [1.29, 1.82) is 0 Å². The Balaban J connectivity index is 1.82. The second kappa shape index (κ2) is 7.19. The molecule has 1 unspecified atom stereocenters. The summed E-state index contributed by atoms with van der Waals surface area (Å²) in [4.78, 5) is 21.9. The molecule has 0 saturated carbocycles. The molecule has 1 fully saturated rings. The zero-order chi connectivity index (χ0) is 14.4. The number of methoxy groups -OCH3 is 1. The second-order valence-corrected chi connectivity index (χ2v) is 5.11. The molecule has 6 heteroatoms. The average Bonchev–Trinajstić information content (AvgIpc) is 2.53. The van der Waals surface area contributed by atoms with E-state index < -0.39 is 5.97 Å². The third kappa shape index (κ3) is 3.90. The van der Waals surface area contributed by atoms with E-state index in [1.54, 1.807) is 6.20 Å². The van der Waals surface area contributed by atoms with Crippen LogP contribution in [-0.2, 0) is 4.74 Å². The fraction of sp³-hybridized carbons (Fsp3) is 0.643. The normalized spacial score (nSPS) is 17.5. The number of nitrogens with one attached hydrogen (secondary N) is 1. The van der Waals surface area contributed by atoms with Crippen molar-refractivity contribution in [3.8, 4) is 0 Å². The predicted molar refractivity (Wildman–Crippen MR) is 76.7 cm³/mol. The summed E-state index contributed by atoms with van der Waals surface area (Å²) in [6, 6.07) is 0.470. The number of hydrogen-bond acceptors (Lipinski definition) is 6. The lowest BCUT2D eigenvalue weighted by molar-refractivity contribution is 0.0593. The van der Waals surface area contributed by atoms with E-state index in [9.17, 15) is 4.79 Å². The molecule has 2 heterocycles.